The van der Waals surface area contributed by atoms with Crippen LogP contribution in [-0.2, 0) is 0 Å². The van der Waals surface area contributed by atoms with Gasteiger partial charge in [0, 0.05) is 38.3 Å². The van der Waals surface area contributed by atoms with Crippen LogP contribution >= 0.6 is 0 Å². The van der Waals surface area contributed by atoms with Gasteiger partial charge in [-0.15, -0.1) is 0 Å². The lowest BCUT2D eigenvalue weighted by atomic mass is 9.94. The predicted molar refractivity (Wildman–Crippen MR) is 129 cm³/mol. The maximum Gasteiger partial charge on any atom is 0.253 e. The SMILES string of the molecule is CC(=N)N1CCC(CCOc2cc(C(=O)N(C)C)cc(-c3cccc(C(=N)N)c3)c2)CC1. The van der Waals surface area contributed by atoms with Crippen molar-refractivity contribution in [3.05, 3.63) is 53.6 Å². The van der Waals surface area contributed by atoms with Crippen LogP contribution in [0.1, 0.15) is 42.1 Å². The summed E-state index contributed by atoms with van der Waals surface area (Å²) in [5, 5.41) is 15.5. The van der Waals surface area contributed by atoms with E-state index >= 15 is 0 Å². The molecule has 2 aromatic carbocycles. The minimum Gasteiger partial charge on any atom is -0.494 e. The van der Waals surface area contributed by atoms with Gasteiger partial charge in [0.1, 0.15) is 11.6 Å². The van der Waals surface area contributed by atoms with Gasteiger partial charge in [-0.3, -0.25) is 15.6 Å². The molecule has 1 amide bonds. The topological polar surface area (TPSA) is 107 Å². The maximum atomic E-state index is 12.7. The Kier molecular flexibility index (Phi) is 7.51. The smallest absolute Gasteiger partial charge is 0.253 e. The first-order valence-corrected chi connectivity index (χ1v) is 11.0. The zero-order chi connectivity index (χ0) is 23.3. The highest BCUT2D eigenvalue weighted by Crippen LogP contribution is 2.28. The Balaban J connectivity index is 1.75. The molecule has 0 aliphatic carbocycles. The number of likely N-dealkylation sites (tertiary alicyclic amines) is 1. The molecule has 7 heteroatoms. The lowest BCUT2D eigenvalue weighted by Crippen LogP contribution is -2.37. The molecule has 0 spiro atoms. The van der Waals surface area contributed by atoms with Gasteiger partial charge in [0.2, 0.25) is 0 Å². The van der Waals surface area contributed by atoms with Gasteiger partial charge in [-0.25, -0.2) is 0 Å². The van der Waals surface area contributed by atoms with Gasteiger partial charge in [-0.2, -0.15) is 0 Å². The number of rotatable bonds is 7. The van der Waals surface area contributed by atoms with E-state index < -0.39 is 0 Å². The monoisotopic (exact) mass is 435 g/mol. The molecule has 1 heterocycles. The summed E-state index contributed by atoms with van der Waals surface area (Å²) in [7, 11) is 3.46. The Morgan fingerprint density at radius 3 is 2.41 bits per heavy atom. The maximum absolute atomic E-state index is 12.7. The summed E-state index contributed by atoms with van der Waals surface area (Å²) in [4.78, 5) is 16.3. The normalized spacial score (nSPS) is 14.2. The minimum atomic E-state index is -0.0891. The van der Waals surface area contributed by atoms with E-state index in [4.69, 9.17) is 21.3 Å². The zero-order valence-corrected chi connectivity index (χ0v) is 19.1. The Labute approximate surface area is 190 Å². The van der Waals surface area contributed by atoms with E-state index in [9.17, 15) is 4.79 Å². The highest BCUT2D eigenvalue weighted by Gasteiger charge is 2.19. The van der Waals surface area contributed by atoms with Crippen molar-refractivity contribution in [3.63, 3.8) is 0 Å². The van der Waals surface area contributed by atoms with Crippen molar-refractivity contribution < 1.29 is 9.53 Å². The summed E-state index contributed by atoms with van der Waals surface area (Å²) < 4.78 is 6.10. The van der Waals surface area contributed by atoms with Crippen molar-refractivity contribution in [1.29, 1.82) is 10.8 Å². The largest absolute Gasteiger partial charge is 0.494 e. The van der Waals surface area contributed by atoms with Crippen LogP contribution in [-0.4, -0.2) is 61.2 Å². The lowest BCUT2D eigenvalue weighted by Gasteiger charge is -2.32. The number of hydrogen-bond donors (Lipinski definition) is 3. The van der Waals surface area contributed by atoms with E-state index in [0.29, 0.717) is 35.2 Å². The minimum absolute atomic E-state index is 0.00750. The molecule has 1 fully saturated rings. The number of nitrogens with one attached hydrogen (secondary N) is 2. The van der Waals surface area contributed by atoms with Crippen LogP contribution in [0.5, 0.6) is 5.75 Å². The summed E-state index contributed by atoms with van der Waals surface area (Å²) >= 11 is 0. The van der Waals surface area contributed by atoms with Crippen LogP contribution in [0.25, 0.3) is 11.1 Å². The highest BCUT2D eigenvalue weighted by molar-refractivity contribution is 5.97. The number of amides is 1. The molecular weight excluding hydrogens is 402 g/mol. The molecule has 0 aromatic heterocycles. The van der Waals surface area contributed by atoms with E-state index in [1.165, 1.54) is 0 Å². The molecule has 1 aliphatic rings. The molecule has 0 bridgehead atoms. The van der Waals surface area contributed by atoms with Gasteiger partial charge >= 0.3 is 0 Å². The van der Waals surface area contributed by atoms with Crippen molar-refractivity contribution in [1.82, 2.24) is 9.80 Å². The van der Waals surface area contributed by atoms with Crippen LogP contribution in [0.2, 0.25) is 0 Å². The Bertz CT molecular complexity index is 994. The standard InChI is InChI=1S/C25H33N5O2/c1-17(26)30-10-7-18(8-11-30)9-12-32-23-15-21(14-22(16-23)25(31)29(2)3)19-5-4-6-20(13-19)24(27)28/h4-6,13-16,18,26H,7-12H2,1-3H3,(H3,27,28). The Morgan fingerprint density at radius 1 is 1.09 bits per heavy atom. The molecule has 0 unspecified atom stereocenters. The van der Waals surface area contributed by atoms with Crippen LogP contribution < -0.4 is 10.5 Å². The molecule has 0 atom stereocenters. The van der Waals surface area contributed by atoms with E-state index in [1.54, 1.807) is 31.1 Å². The number of hydrogen-bond acceptors (Lipinski definition) is 4. The summed E-state index contributed by atoms with van der Waals surface area (Å²) in [6.07, 6.45) is 3.09. The Morgan fingerprint density at radius 2 is 1.78 bits per heavy atom. The van der Waals surface area contributed by atoms with Crippen LogP contribution in [0.4, 0.5) is 0 Å². The number of nitrogens with two attached hydrogens (primary N) is 1. The first-order valence-electron chi connectivity index (χ1n) is 11.0. The number of carbonyl (C=O) groups is 1. The number of ether oxygens (including phenoxy) is 1. The van der Waals surface area contributed by atoms with Gasteiger partial charge < -0.3 is 20.3 Å². The molecule has 0 saturated carbocycles. The first-order chi connectivity index (χ1) is 15.2. The van der Waals surface area contributed by atoms with Crippen LogP contribution in [0, 0.1) is 16.7 Å². The fourth-order valence-electron chi connectivity index (χ4n) is 4.00. The molecule has 4 N–H and O–H groups in total. The molecule has 1 aliphatic heterocycles. The quantitative estimate of drug-likeness (QED) is 0.454. The number of benzene rings is 2. The first kappa shape index (κ1) is 23.3. The molecule has 3 rings (SSSR count). The predicted octanol–water partition coefficient (Wildman–Crippen LogP) is 3.82. The number of amidine groups is 2. The fraction of sp³-hybridized carbons (Fsp3) is 0.400. The molecule has 2 aromatic rings. The summed E-state index contributed by atoms with van der Waals surface area (Å²) in [6.45, 7) is 4.29. The number of carbonyl (C=O) groups excluding carboxylic acids is 1. The van der Waals surface area contributed by atoms with E-state index in [1.807, 2.05) is 37.3 Å². The van der Waals surface area contributed by atoms with Gasteiger partial charge in [-0.05, 0) is 67.5 Å². The van der Waals surface area contributed by atoms with Crippen molar-refractivity contribution in [3.8, 4) is 16.9 Å². The number of nitrogens with zero attached hydrogens (tertiary/aromatic N) is 2. The second-order valence-corrected chi connectivity index (χ2v) is 8.59. The van der Waals surface area contributed by atoms with E-state index in [2.05, 4.69) is 4.90 Å². The second-order valence-electron chi connectivity index (χ2n) is 8.59. The summed E-state index contributed by atoms with van der Waals surface area (Å²) in [6, 6.07) is 13.0. The average Bonchev–Trinajstić information content (AvgIpc) is 2.78. The van der Waals surface area contributed by atoms with Gasteiger partial charge in [0.05, 0.1) is 12.4 Å². The molecule has 1 saturated heterocycles. The van der Waals surface area contributed by atoms with Crippen LogP contribution in [0.3, 0.4) is 0 Å². The summed E-state index contributed by atoms with van der Waals surface area (Å²) in [5.74, 6) is 1.81. The third kappa shape index (κ3) is 5.87. The fourth-order valence-corrected chi connectivity index (χ4v) is 4.00. The second kappa shape index (κ2) is 10.3. The number of piperidine rings is 1. The number of nitrogen functional groups attached to an aromatic ring is 1. The highest BCUT2D eigenvalue weighted by atomic mass is 16.5. The molecule has 0 radical (unpaired) electrons. The van der Waals surface area contributed by atoms with Crippen molar-refractivity contribution in [2.45, 2.75) is 26.2 Å². The molecule has 7 nitrogen and oxygen atoms in total. The third-order valence-corrected chi connectivity index (χ3v) is 5.95. The Hall–Kier alpha value is -3.35. The zero-order valence-electron chi connectivity index (χ0n) is 19.1. The molecular formula is C25H33N5O2. The molecule has 170 valence electrons. The van der Waals surface area contributed by atoms with Crippen molar-refractivity contribution in [2.75, 3.05) is 33.8 Å². The third-order valence-electron chi connectivity index (χ3n) is 5.95. The van der Waals surface area contributed by atoms with Crippen molar-refractivity contribution in [2.24, 2.45) is 11.7 Å². The summed E-state index contributed by atoms with van der Waals surface area (Å²) in [5.41, 5.74) is 8.59. The van der Waals surface area contributed by atoms with Gasteiger partial charge in [0.15, 0.2) is 0 Å². The van der Waals surface area contributed by atoms with Crippen LogP contribution in [0.15, 0.2) is 42.5 Å². The average molecular weight is 436 g/mol. The van der Waals surface area contributed by atoms with Gasteiger partial charge in [0.25, 0.3) is 5.91 Å². The van der Waals surface area contributed by atoms with Gasteiger partial charge in [-0.1, -0.05) is 18.2 Å². The van der Waals surface area contributed by atoms with Crippen molar-refractivity contribution >= 4 is 17.6 Å². The lowest BCUT2D eigenvalue weighted by molar-refractivity contribution is 0.0827. The van der Waals surface area contributed by atoms with E-state index in [0.717, 1.165) is 43.5 Å². The van der Waals surface area contributed by atoms with E-state index in [-0.39, 0.29) is 11.7 Å². The molecule has 32 heavy (non-hydrogen) atoms.